The lowest BCUT2D eigenvalue weighted by molar-refractivity contribution is -0.138. The third kappa shape index (κ3) is 3.62. The summed E-state index contributed by atoms with van der Waals surface area (Å²) in [7, 11) is -2.74. The highest BCUT2D eigenvalue weighted by Crippen LogP contribution is 2.41. The Balaban J connectivity index is 1.77. The number of carboxylic acid groups (broad SMARTS) is 1. The summed E-state index contributed by atoms with van der Waals surface area (Å²) in [6, 6.07) is 13.3. The predicted molar refractivity (Wildman–Crippen MR) is 115 cm³/mol. The van der Waals surface area contributed by atoms with Crippen LogP contribution in [0.5, 0.6) is 5.75 Å². The van der Waals surface area contributed by atoms with Crippen LogP contribution in [0, 0.1) is 5.82 Å². The van der Waals surface area contributed by atoms with E-state index < -0.39 is 27.9 Å². The molecule has 1 unspecified atom stereocenters. The number of rotatable bonds is 5. The molecule has 6 nitrogen and oxygen atoms in total. The summed E-state index contributed by atoms with van der Waals surface area (Å²) in [5, 5.41) is 9.88. The second-order valence-electron chi connectivity index (χ2n) is 6.97. The quantitative estimate of drug-likeness (QED) is 0.610. The average molecular weight is 462 g/mol. The number of fused-ring (bicyclic) bond motifs is 1. The predicted octanol–water partition coefficient (Wildman–Crippen LogP) is 4.36. The minimum Gasteiger partial charge on any atom is -0.496 e. The molecular formula is C22H17ClFNO5S. The van der Waals surface area contributed by atoms with Gasteiger partial charge in [-0.2, -0.15) is 0 Å². The molecule has 0 aliphatic carbocycles. The van der Waals surface area contributed by atoms with E-state index >= 15 is 0 Å². The number of aliphatic carboxylic acids is 1. The summed E-state index contributed by atoms with van der Waals surface area (Å²) in [5.41, 5.74) is 1.95. The highest BCUT2D eigenvalue weighted by atomic mass is 35.5. The molecule has 1 heterocycles. The van der Waals surface area contributed by atoms with E-state index in [4.69, 9.17) is 16.3 Å². The van der Waals surface area contributed by atoms with Crippen molar-refractivity contribution in [2.24, 2.45) is 0 Å². The van der Waals surface area contributed by atoms with E-state index in [9.17, 15) is 22.7 Å². The van der Waals surface area contributed by atoms with Crippen molar-refractivity contribution in [1.82, 2.24) is 0 Å². The van der Waals surface area contributed by atoms with Gasteiger partial charge in [-0.25, -0.2) is 17.6 Å². The number of sulfonamides is 1. The number of halogens is 2. The first-order valence-corrected chi connectivity index (χ1v) is 11.0. The summed E-state index contributed by atoms with van der Waals surface area (Å²) < 4.78 is 46.3. The topological polar surface area (TPSA) is 83.9 Å². The molecule has 3 aromatic rings. The van der Waals surface area contributed by atoms with Crippen molar-refractivity contribution in [1.29, 1.82) is 0 Å². The van der Waals surface area contributed by atoms with Gasteiger partial charge in [-0.1, -0.05) is 29.8 Å². The standard InChI is InChI=1S/C22H17ClFNO5S/c1-30-21-4-2-3-19-17(21)12-20(22(26)27)25(19)31(28,29)15-8-5-13(6-9-15)16-10-7-14(24)11-18(16)23/h2-11,20H,12H2,1H3,(H,26,27). The lowest BCUT2D eigenvalue weighted by atomic mass is 10.1. The van der Waals surface area contributed by atoms with Gasteiger partial charge in [-0.15, -0.1) is 0 Å². The van der Waals surface area contributed by atoms with Gasteiger partial charge in [0.25, 0.3) is 10.0 Å². The van der Waals surface area contributed by atoms with Crippen LogP contribution in [0.25, 0.3) is 11.1 Å². The van der Waals surface area contributed by atoms with Crippen molar-refractivity contribution < 1.29 is 27.4 Å². The summed E-state index contributed by atoms with van der Waals surface area (Å²) in [5.74, 6) is -1.30. The molecule has 0 bridgehead atoms. The monoisotopic (exact) mass is 461 g/mol. The van der Waals surface area contributed by atoms with Crippen molar-refractivity contribution in [2.75, 3.05) is 11.4 Å². The molecule has 9 heteroatoms. The SMILES string of the molecule is COc1cccc2c1CC(C(=O)O)N2S(=O)(=O)c1ccc(-c2ccc(F)cc2Cl)cc1. The van der Waals surface area contributed by atoms with Gasteiger partial charge in [-0.05, 0) is 48.0 Å². The molecule has 160 valence electrons. The Bertz CT molecular complexity index is 1280. The molecule has 1 atom stereocenters. The maximum absolute atomic E-state index is 13.4. The van der Waals surface area contributed by atoms with Gasteiger partial charge in [0.15, 0.2) is 0 Å². The number of carbonyl (C=O) groups is 1. The molecule has 1 N–H and O–H groups in total. The second kappa shape index (κ2) is 7.86. The average Bonchev–Trinajstić information content (AvgIpc) is 3.15. The number of hydrogen-bond donors (Lipinski definition) is 1. The number of nitrogens with zero attached hydrogens (tertiary/aromatic N) is 1. The minimum atomic E-state index is -4.18. The molecule has 0 radical (unpaired) electrons. The molecule has 31 heavy (non-hydrogen) atoms. The Labute approximate surface area is 183 Å². The van der Waals surface area contributed by atoms with Crippen LogP contribution in [0.2, 0.25) is 5.02 Å². The maximum atomic E-state index is 13.4. The molecule has 0 fully saturated rings. The van der Waals surface area contributed by atoms with Gasteiger partial charge in [0.1, 0.15) is 17.6 Å². The molecule has 3 aromatic carbocycles. The van der Waals surface area contributed by atoms with E-state index in [0.717, 1.165) is 4.31 Å². The Morgan fingerprint density at radius 1 is 1.16 bits per heavy atom. The van der Waals surface area contributed by atoms with E-state index in [1.165, 1.54) is 37.4 Å². The molecular weight excluding hydrogens is 445 g/mol. The van der Waals surface area contributed by atoms with E-state index in [0.29, 0.717) is 22.4 Å². The van der Waals surface area contributed by atoms with Crippen molar-refractivity contribution in [2.45, 2.75) is 17.4 Å². The molecule has 0 spiro atoms. The number of methoxy groups -OCH3 is 1. The van der Waals surface area contributed by atoms with E-state index in [1.54, 1.807) is 30.3 Å². The molecule has 1 aliphatic rings. The number of anilines is 1. The van der Waals surface area contributed by atoms with Gasteiger partial charge in [0, 0.05) is 17.5 Å². The van der Waals surface area contributed by atoms with E-state index in [-0.39, 0.29) is 22.0 Å². The van der Waals surface area contributed by atoms with Crippen LogP contribution in [-0.4, -0.2) is 32.6 Å². The molecule has 0 saturated carbocycles. The largest absolute Gasteiger partial charge is 0.496 e. The smallest absolute Gasteiger partial charge is 0.327 e. The summed E-state index contributed by atoms with van der Waals surface area (Å²) >= 11 is 6.09. The zero-order chi connectivity index (χ0) is 22.3. The van der Waals surface area contributed by atoms with Crippen LogP contribution in [-0.2, 0) is 21.2 Å². The van der Waals surface area contributed by atoms with Crippen LogP contribution >= 0.6 is 11.6 Å². The number of benzene rings is 3. The van der Waals surface area contributed by atoms with E-state index in [1.807, 2.05) is 0 Å². The highest BCUT2D eigenvalue weighted by Gasteiger charge is 2.43. The molecule has 0 aromatic heterocycles. The highest BCUT2D eigenvalue weighted by molar-refractivity contribution is 7.93. The van der Waals surface area contributed by atoms with Crippen molar-refractivity contribution in [3.8, 4) is 16.9 Å². The summed E-state index contributed by atoms with van der Waals surface area (Å²) in [6.45, 7) is 0. The minimum absolute atomic E-state index is 0.00280. The van der Waals surface area contributed by atoms with E-state index in [2.05, 4.69) is 0 Å². The third-order valence-electron chi connectivity index (χ3n) is 5.18. The maximum Gasteiger partial charge on any atom is 0.327 e. The van der Waals surface area contributed by atoms with Gasteiger partial charge >= 0.3 is 5.97 Å². The zero-order valence-electron chi connectivity index (χ0n) is 16.2. The first kappa shape index (κ1) is 21.1. The molecule has 1 aliphatic heterocycles. The molecule has 0 amide bonds. The Kier molecular flexibility index (Phi) is 5.36. The summed E-state index contributed by atoms with van der Waals surface area (Å²) in [6.07, 6.45) is -0.00280. The van der Waals surface area contributed by atoms with Gasteiger partial charge in [-0.3, -0.25) is 4.31 Å². The van der Waals surface area contributed by atoms with Crippen LogP contribution in [0.4, 0.5) is 10.1 Å². The number of hydrogen-bond acceptors (Lipinski definition) is 4. The van der Waals surface area contributed by atoms with Gasteiger partial charge in [0.05, 0.1) is 22.7 Å². The van der Waals surface area contributed by atoms with Crippen LogP contribution in [0.15, 0.2) is 65.6 Å². The fraction of sp³-hybridized carbons (Fsp3) is 0.136. The number of ether oxygens (including phenoxy) is 1. The van der Waals surface area contributed by atoms with Gasteiger partial charge in [0.2, 0.25) is 0 Å². The third-order valence-corrected chi connectivity index (χ3v) is 7.33. The Morgan fingerprint density at radius 2 is 1.87 bits per heavy atom. The van der Waals surface area contributed by atoms with Gasteiger partial charge < -0.3 is 9.84 Å². The molecule has 4 rings (SSSR count). The van der Waals surface area contributed by atoms with Crippen LogP contribution in [0.1, 0.15) is 5.56 Å². The number of carboxylic acids is 1. The lowest BCUT2D eigenvalue weighted by Crippen LogP contribution is -2.42. The fourth-order valence-electron chi connectivity index (χ4n) is 3.73. The normalized spacial score (nSPS) is 15.6. The first-order valence-electron chi connectivity index (χ1n) is 9.22. The van der Waals surface area contributed by atoms with Crippen molar-refractivity contribution in [3.63, 3.8) is 0 Å². The Morgan fingerprint density at radius 3 is 2.48 bits per heavy atom. The van der Waals surface area contributed by atoms with Crippen LogP contribution < -0.4 is 9.04 Å². The van der Waals surface area contributed by atoms with Crippen molar-refractivity contribution >= 4 is 33.3 Å². The second-order valence-corrected chi connectivity index (χ2v) is 9.19. The summed E-state index contributed by atoms with van der Waals surface area (Å²) in [4.78, 5) is 11.8. The molecule has 0 saturated heterocycles. The first-order chi connectivity index (χ1) is 14.7. The van der Waals surface area contributed by atoms with Crippen LogP contribution in [0.3, 0.4) is 0 Å². The Hall–Kier alpha value is -3.10. The lowest BCUT2D eigenvalue weighted by Gasteiger charge is -2.24. The fourth-order valence-corrected chi connectivity index (χ4v) is 5.64. The van der Waals surface area contributed by atoms with Crippen molar-refractivity contribution in [3.05, 3.63) is 77.1 Å². The zero-order valence-corrected chi connectivity index (χ0v) is 17.8.